The van der Waals surface area contributed by atoms with Crippen molar-refractivity contribution in [1.29, 1.82) is 0 Å². The van der Waals surface area contributed by atoms with Crippen molar-refractivity contribution in [3.63, 3.8) is 0 Å². The Hall–Kier alpha value is -1.04. The number of carbonyl (C=O) groups is 1. The second kappa shape index (κ2) is 6.41. The van der Waals surface area contributed by atoms with E-state index in [0.717, 1.165) is 25.2 Å². The summed E-state index contributed by atoms with van der Waals surface area (Å²) in [5, 5.41) is 1.28. The Morgan fingerprint density at radius 2 is 2.00 bits per heavy atom. The van der Waals surface area contributed by atoms with Crippen molar-refractivity contribution in [3.05, 3.63) is 35.4 Å². The van der Waals surface area contributed by atoms with Crippen molar-refractivity contribution in [1.82, 2.24) is 10.3 Å². The second-order valence-electron chi connectivity index (χ2n) is 5.08. The zero-order chi connectivity index (χ0) is 13.8. The number of amides is 1. The first-order valence-electron chi connectivity index (χ1n) is 6.56. The van der Waals surface area contributed by atoms with Gasteiger partial charge in [0.25, 0.3) is 5.91 Å². The van der Waals surface area contributed by atoms with E-state index in [1.807, 2.05) is 36.0 Å². The molecule has 0 aliphatic carbocycles. The van der Waals surface area contributed by atoms with Gasteiger partial charge in [0, 0.05) is 35.7 Å². The Kier molecular flexibility index (Phi) is 4.85. The molecule has 0 spiro atoms. The van der Waals surface area contributed by atoms with Gasteiger partial charge in [-0.05, 0) is 11.6 Å². The summed E-state index contributed by atoms with van der Waals surface area (Å²) < 4.78 is 0. The fourth-order valence-electron chi connectivity index (χ4n) is 2.61. The Morgan fingerprint density at radius 3 is 2.63 bits per heavy atom. The molecule has 1 aliphatic heterocycles. The molecule has 1 amide bonds. The minimum absolute atomic E-state index is 0.219. The van der Waals surface area contributed by atoms with E-state index in [-0.39, 0.29) is 5.91 Å². The van der Waals surface area contributed by atoms with Crippen molar-refractivity contribution >= 4 is 17.7 Å². The summed E-state index contributed by atoms with van der Waals surface area (Å²) in [7, 11) is 0. The molecule has 1 fully saturated rings. The van der Waals surface area contributed by atoms with Gasteiger partial charge in [0.1, 0.15) is 0 Å². The SMILES string of the molecule is CC1CN(Cc2ccccc2C(=O)NN)CC(C)S1. The monoisotopic (exact) mass is 279 g/mol. The van der Waals surface area contributed by atoms with E-state index >= 15 is 0 Å². The summed E-state index contributed by atoms with van der Waals surface area (Å²) in [6.45, 7) is 7.44. The lowest BCUT2D eigenvalue weighted by molar-refractivity contribution is 0.0951. The molecule has 2 atom stereocenters. The molecule has 1 aromatic rings. The molecule has 0 radical (unpaired) electrons. The van der Waals surface area contributed by atoms with Crippen LogP contribution in [-0.2, 0) is 6.54 Å². The van der Waals surface area contributed by atoms with E-state index in [9.17, 15) is 4.79 Å². The molecule has 2 rings (SSSR count). The molecule has 0 saturated carbocycles. The molecule has 1 saturated heterocycles. The molecule has 0 aromatic heterocycles. The highest BCUT2D eigenvalue weighted by atomic mass is 32.2. The highest BCUT2D eigenvalue weighted by Crippen LogP contribution is 2.26. The standard InChI is InChI=1S/C14H21N3OS/c1-10-7-17(8-11(2)19-10)9-12-5-3-4-6-13(12)14(18)16-15/h3-6,10-11H,7-9,15H2,1-2H3,(H,16,18). The third kappa shape index (κ3) is 3.72. The zero-order valence-electron chi connectivity index (χ0n) is 11.4. The Balaban J connectivity index is 2.12. The predicted molar refractivity (Wildman–Crippen MR) is 79.9 cm³/mol. The van der Waals surface area contributed by atoms with Gasteiger partial charge in [-0.1, -0.05) is 32.0 Å². The number of nitrogens with two attached hydrogens (primary N) is 1. The maximum Gasteiger partial charge on any atom is 0.265 e. The third-order valence-electron chi connectivity index (χ3n) is 3.28. The number of benzene rings is 1. The molecule has 2 unspecified atom stereocenters. The fourth-order valence-corrected chi connectivity index (χ4v) is 4.00. The summed E-state index contributed by atoms with van der Waals surface area (Å²) in [6, 6.07) is 7.66. The average molecular weight is 279 g/mol. The predicted octanol–water partition coefficient (Wildman–Crippen LogP) is 1.62. The first-order chi connectivity index (χ1) is 9.10. The quantitative estimate of drug-likeness (QED) is 0.501. The number of nitrogen functional groups attached to an aromatic ring is 1. The van der Waals surface area contributed by atoms with Gasteiger partial charge in [-0.2, -0.15) is 11.8 Å². The number of hydrogen-bond donors (Lipinski definition) is 2. The number of nitrogens with one attached hydrogen (secondary N) is 1. The van der Waals surface area contributed by atoms with Crippen LogP contribution in [0.25, 0.3) is 0 Å². The van der Waals surface area contributed by atoms with Crippen LogP contribution in [0.4, 0.5) is 0 Å². The highest BCUT2D eigenvalue weighted by molar-refractivity contribution is 8.00. The summed E-state index contributed by atoms with van der Waals surface area (Å²) >= 11 is 2.03. The van der Waals surface area contributed by atoms with Gasteiger partial charge in [-0.3, -0.25) is 15.1 Å². The summed E-state index contributed by atoms with van der Waals surface area (Å²) in [5.41, 5.74) is 3.92. The maximum absolute atomic E-state index is 11.7. The van der Waals surface area contributed by atoms with Crippen molar-refractivity contribution in [3.8, 4) is 0 Å². The molecule has 1 heterocycles. The fraction of sp³-hybridized carbons (Fsp3) is 0.500. The molecular weight excluding hydrogens is 258 g/mol. The molecule has 1 aromatic carbocycles. The van der Waals surface area contributed by atoms with Crippen LogP contribution in [-0.4, -0.2) is 34.4 Å². The van der Waals surface area contributed by atoms with Gasteiger partial charge >= 0.3 is 0 Å². The summed E-state index contributed by atoms with van der Waals surface area (Å²) in [6.07, 6.45) is 0. The number of thioether (sulfide) groups is 1. The van der Waals surface area contributed by atoms with Crippen molar-refractivity contribution < 1.29 is 4.79 Å². The molecule has 1 aliphatic rings. The van der Waals surface area contributed by atoms with Crippen LogP contribution in [0.15, 0.2) is 24.3 Å². The van der Waals surface area contributed by atoms with Gasteiger partial charge in [-0.25, -0.2) is 5.84 Å². The van der Waals surface area contributed by atoms with Crippen LogP contribution in [0.2, 0.25) is 0 Å². The largest absolute Gasteiger partial charge is 0.297 e. The van der Waals surface area contributed by atoms with E-state index in [2.05, 4.69) is 24.2 Å². The Labute approximate surface area is 118 Å². The lowest BCUT2D eigenvalue weighted by Gasteiger charge is -2.34. The van der Waals surface area contributed by atoms with Crippen LogP contribution < -0.4 is 11.3 Å². The van der Waals surface area contributed by atoms with Gasteiger partial charge < -0.3 is 0 Å². The van der Waals surface area contributed by atoms with Crippen LogP contribution >= 0.6 is 11.8 Å². The normalized spacial score (nSPS) is 24.2. The van der Waals surface area contributed by atoms with Gasteiger partial charge in [0.15, 0.2) is 0 Å². The topological polar surface area (TPSA) is 58.4 Å². The summed E-state index contributed by atoms with van der Waals surface area (Å²) in [4.78, 5) is 14.2. The number of carbonyl (C=O) groups excluding carboxylic acids is 1. The van der Waals surface area contributed by atoms with Gasteiger partial charge in [-0.15, -0.1) is 0 Å². The van der Waals surface area contributed by atoms with Crippen molar-refractivity contribution in [2.75, 3.05) is 13.1 Å². The zero-order valence-corrected chi connectivity index (χ0v) is 12.2. The Bertz CT molecular complexity index is 442. The summed E-state index contributed by atoms with van der Waals surface area (Å²) in [5.74, 6) is 5.01. The molecule has 19 heavy (non-hydrogen) atoms. The van der Waals surface area contributed by atoms with Gasteiger partial charge in [0.05, 0.1) is 0 Å². The molecule has 4 nitrogen and oxygen atoms in total. The second-order valence-corrected chi connectivity index (χ2v) is 6.96. The van der Waals surface area contributed by atoms with Gasteiger partial charge in [0.2, 0.25) is 0 Å². The number of hydrazine groups is 1. The van der Waals surface area contributed by atoms with Crippen LogP contribution in [0, 0.1) is 0 Å². The first kappa shape index (κ1) is 14.4. The number of nitrogens with zero attached hydrogens (tertiary/aromatic N) is 1. The smallest absolute Gasteiger partial charge is 0.265 e. The highest BCUT2D eigenvalue weighted by Gasteiger charge is 2.23. The average Bonchev–Trinajstić information content (AvgIpc) is 2.37. The molecule has 104 valence electrons. The van der Waals surface area contributed by atoms with Crippen LogP contribution in [0.3, 0.4) is 0 Å². The lowest BCUT2D eigenvalue weighted by atomic mass is 10.1. The third-order valence-corrected chi connectivity index (χ3v) is 4.51. The number of hydrogen-bond acceptors (Lipinski definition) is 4. The molecule has 3 N–H and O–H groups in total. The maximum atomic E-state index is 11.7. The lowest BCUT2D eigenvalue weighted by Crippen LogP contribution is -2.40. The van der Waals surface area contributed by atoms with Crippen LogP contribution in [0.5, 0.6) is 0 Å². The Morgan fingerprint density at radius 1 is 1.37 bits per heavy atom. The minimum Gasteiger partial charge on any atom is -0.297 e. The van der Waals surface area contributed by atoms with Crippen molar-refractivity contribution in [2.45, 2.75) is 30.9 Å². The molecule has 0 bridgehead atoms. The minimum atomic E-state index is -0.219. The van der Waals surface area contributed by atoms with E-state index in [1.54, 1.807) is 0 Å². The van der Waals surface area contributed by atoms with E-state index in [0.29, 0.717) is 16.1 Å². The van der Waals surface area contributed by atoms with E-state index in [1.165, 1.54) is 0 Å². The van der Waals surface area contributed by atoms with E-state index in [4.69, 9.17) is 5.84 Å². The van der Waals surface area contributed by atoms with Crippen LogP contribution in [0.1, 0.15) is 29.8 Å². The number of rotatable bonds is 3. The molecular formula is C14H21N3OS. The molecule has 5 heteroatoms. The first-order valence-corrected chi connectivity index (χ1v) is 7.51. The van der Waals surface area contributed by atoms with E-state index < -0.39 is 0 Å². The van der Waals surface area contributed by atoms with Crippen molar-refractivity contribution in [2.24, 2.45) is 5.84 Å².